The Labute approximate surface area is 157 Å². The van der Waals surface area contributed by atoms with E-state index in [1.165, 1.54) is 37.3 Å². The molecule has 0 bridgehead atoms. The topological polar surface area (TPSA) is 36.7 Å². The van der Waals surface area contributed by atoms with E-state index in [1.54, 1.807) is 0 Å². The maximum absolute atomic E-state index is 14.6. The standard InChI is InChI=1S/C17H10BrF7N2/c1-9-6-13(18)27-14(15(19,16(20,21)22)17(23,24)25)12(9)7-10-2-4-11(8-26)5-3-10/h2-6H,7H2,1H3. The zero-order valence-corrected chi connectivity index (χ0v) is 15.1. The van der Waals surface area contributed by atoms with Crippen LogP contribution in [0.1, 0.15) is 27.9 Å². The van der Waals surface area contributed by atoms with Crippen molar-refractivity contribution in [1.82, 2.24) is 4.98 Å². The minimum Gasteiger partial charge on any atom is -0.241 e. The van der Waals surface area contributed by atoms with E-state index in [4.69, 9.17) is 5.26 Å². The fourth-order valence-corrected chi connectivity index (χ4v) is 3.02. The highest BCUT2D eigenvalue weighted by molar-refractivity contribution is 9.10. The fraction of sp³-hybridized carbons (Fsp3) is 0.294. The summed E-state index contributed by atoms with van der Waals surface area (Å²) in [6, 6.07) is 8.48. The second-order valence-electron chi connectivity index (χ2n) is 5.73. The highest BCUT2D eigenvalue weighted by Crippen LogP contribution is 2.54. The Hall–Kier alpha value is -2.15. The Kier molecular flexibility index (Phi) is 5.57. The number of halogens is 8. The van der Waals surface area contributed by atoms with E-state index in [0.29, 0.717) is 5.56 Å². The number of pyridine rings is 1. The maximum atomic E-state index is 14.6. The number of nitrogens with zero attached hydrogens (tertiary/aromatic N) is 2. The van der Waals surface area contributed by atoms with Gasteiger partial charge in [-0.25, -0.2) is 9.37 Å². The normalized spacial score (nSPS) is 12.7. The third-order valence-corrected chi connectivity index (χ3v) is 4.29. The molecule has 1 aromatic carbocycles. The van der Waals surface area contributed by atoms with Gasteiger partial charge in [0.15, 0.2) is 0 Å². The number of hydrogen-bond donors (Lipinski definition) is 0. The summed E-state index contributed by atoms with van der Waals surface area (Å²) in [6.45, 7) is 1.27. The molecule has 0 aliphatic rings. The van der Waals surface area contributed by atoms with Crippen molar-refractivity contribution in [3.63, 3.8) is 0 Å². The molecule has 0 aliphatic heterocycles. The molecular formula is C17H10BrF7N2. The summed E-state index contributed by atoms with van der Waals surface area (Å²) in [4.78, 5) is 3.22. The Balaban J connectivity index is 2.71. The van der Waals surface area contributed by atoms with Crippen LogP contribution in [0.3, 0.4) is 0 Å². The average Bonchev–Trinajstić information content (AvgIpc) is 2.54. The summed E-state index contributed by atoms with van der Waals surface area (Å²) in [6.07, 6.45) is -12.9. The third-order valence-electron chi connectivity index (χ3n) is 3.89. The van der Waals surface area contributed by atoms with Crippen LogP contribution in [0.5, 0.6) is 0 Å². The minimum atomic E-state index is -6.26. The molecular weight excluding hydrogens is 445 g/mol. The predicted octanol–water partition coefficient (Wildman–Crippen LogP) is 5.90. The van der Waals surface area contributed by atoms with Gasteiger partial charge in [-0.1, -0.05) is 12.1 Å². The van der Waals surface area contributed by atoms with Crippen molar-refractivity contribution in [2.45, 2.75) is 31.4 Å². The van der Waals surface area contributed by atoms with E-state index in [-0.39, 0.29) is 15.7 Å². The minimum absolute atomic E-state index is 0.00626. The summed E-state index contributed by atoms with van der Waals surface area (Å²) in [7, 11) is 0. The van der Waals surface area contributed by atoms with Gasteiger partial charge >= 0.3 is 18.0 Å². The monoisotopic (exact) mass is 454 g/mol. The van der Waals surface area contributed by atoms with Crippen molar-refractivity contribution < 1.29 is 30.7 Å². The lowest BCUT2D eigenvalue weighted by molar-refractivity contribution is -0.350. The van der Waals surface area contributed by atoms with E-state index in [1.807, 2.05) is 6.07 Å². The van der Waals surface area contributed by atoms with E-state index in [2.05, 4.69) is 20.9 Å². The number of aromatic nitrogens is 1. The van der Waals surface area contributed by atoms with Crippen LogP contribution < -0.4 is 0 Å². The molecule has 0 aliphatic carbocycles. The molecule has 2 nitrogen and oxygen atoms in total. The summed E-state index contributed by atoms with van der Waals surface area (Å²) < 4.78 is 93.3. The van der Waals surface area contributed by atoms with Crippen molar-refractivity contribution in [1.29, 1.82) is 5.26 Å². The SMILES string of the molecule is Cc1cc(Br)nc(C(F)(C(F)(F)F)C(F)(F)F)c1Cc1ccc(C#N)cc1. The molecule has 0 radical (unpaired) electrons. The second kappa shape index (κ2) is 7.11. The number of benzene rings is 1. The first kappa shape index (κ1) is 21.2. The van der Waals surface area contributed by atoms with Crippen LogP contribution >= 0.6 is 15.9 Å². The number of aryl methyl sites for hydroxylation is 1. The zero-order valence-electron chi connectivity index (χ0n) is 13.5. The second-order valence-corrected chi connectivity index (χ2v) is 6.54. The smallest absolute Gasteiger partial charge is 0.241 e. The van der Waals surface area contributed by atoms with Gasteiger partial charge in [0, 0.05) is 0 Å². The van der Waals surface area contributed by atoms with Crippen LogP contribution in [0.2, 0.25) is 0 Å². The first-order chi connectivity index (χ1) is 12.3. The fourth-order valence-electron chi connectivity index (χ4n) is 2.50. The Morgan fingerprint density at radius 1 is 1.00 bits per heavy atom. The Bertz CT molecular complexity index is 866. The van der Waals surface area contributed by atoms with Crippen molar-refractivity contribution in [3.8, 4) is 6.07 Å². The van der Waals surface area contributed by atoms with Crippen LogP contribution in [0.4, 0.5) is 30.7 Å². The molecule has 1 heterocycles. The number of nitriles is 1. The van der Waals surface area contributed by atoms with Crippen LogP contribution in [0.15, 0.2) is 34.9 Å². The van der Waals surface area contributed by atoms with E-state index < -0.39 is 35.7 Å². The van der Waals surface area contributed by atoms with Crippen LogP contribution in [-0.4, -0.2) is 17.3 Å². The van der Waals surface area contributed by atoms with Gasteiger partial charge in [-0.3, -0.25) is 0 Å². The third kappa shape index (κ3) is 3.93. The van der Waals surface area contributed by atoms with Gasteiger partial charge in [0.1, 0.15) is 10.3 Å². The molecule has 10 heteroatoms. The van der Waals surface area contributed by atoms with Gasteiger partial charge in [-0.2, -0.15) is 31.6 Å². The van der Waals surface area contributed by atoms with Crippen molar-refractivity contribution in [2.24, 2.45) is 0 Å². The van der Waals surface area contributed by atoms with Crippen LogP contribution in [-0.2, 0) is 12.1 Å². The van der Waals surface area contributed by atoms with Gasteiger partial charge in [-0.05, 0) is 64.2 Å². The maximum Gasteiger partial charge on any atom is 0.437 e. The summed E-state index contributed by atoms with van der Waals surface area (Å²) in [5.41, 5.74) is -7.34. The average molecular weight is 455 g/mol. The molecule has 2 rings (SSSR count). The summed E-state index contributed by atoms with van der Waals surface area (Å²) >= 11 is 2.73. The zero-order chi connectivity index (χ0) is 20.6. The molecule has 27 heavy (non-hydrogen) atoms. The van der Waals surface area contributed by atoms with Gasteiger partial charge in [-0.15, -0.1) is 0 Å². The van der Waals surface area contributed by atoms with Gasteiger partial charge in [0.2, 0.25) is 0 Å². The van der Waals surface area contributed by atoms with Crippen molar-refractivity contribution in [2.75, 3.05) is 0 Å². The van der Waals surface area contributed by atoms with Crippen LogP contribution in [0, 0.1) is 18.3 Å². The van der Waals surface area contributed by atoms with E-state index >= 15 is 0 Å². The summed E-state index contributed by atoms with van der Waals surface area (Å²) in [5, 5.41) is 8.76. The van der Waals surface area contributed by atoms with Gasteiger partial charge in [0.05, 0.1) is 11.6 Å². The first-order valence-corrected chi connectivity index (χ1v) is 8.08. The molecule has 0 N–H and O–H groups in total. The number of alkyl halides is 7. The lowest BCUT2D eigenvalue weighted by Gasteiger charge is -2.31. The molecule has 0 spiro atoms. The van der Waals surface area contributed by atoms with Crippen molar-refractivity contribution in [3.05, 3.63) is 62.9 Å². The Morgan fingerprint density at radius 2 is 1.52 bits per heavy atom. The number of hydrogen-bond acceptors (Lipinski definition) is 2. The van der Waals surface area contributed by atoms with Crippen molar-refractivity contribution >= 4 is 15.9 Å². The molecule has 0 saturated heterocycles. The molecule has 0 unspecified atom stereocenters. The predicted molar refractivity (Wildman–Crippen MR) is 85.5 cm³/mol. The van der Waals surface area contributed by atoms with E-state index in [0.717, 1.165) is 0 Å². The molecule has 1 aromatic heterocycles. The summed E-state index contributed by atoms with van der Waals surface area (Å²) in [5.74, 6) is 0. The van der Waals surface area contributed by atoms with Crippen LogP contribution in [0.25, 0.3) is 0 Å². The Morgan fingerprint density at radius 3 is 1.96 bits per heavy atom. The molecule has 0 saturated carbocycles. The van der Waals surface area contributed by atoms with Gasteiger partial charge in [0.25, 0.3) is 0 Å². The molecule has 2 aromatic rings. The largest absolute Gasteiger partial charge is 0.437 e. The lowest BCUT2D eigenvalue weighted by atomic mass is 9.89. The molecule has 0 amide bonds. The molecule has 0 atom stereocenters. The molecule has 144 valence electrons. The van der Waals surface area contributed by atoms with Gasteiger partial charge < -0.3 is 0 Å². The highest BCUT2D eigenvalue weighted by atomic mass is 79.9. The lowest BCUT2D eigenvalue weighted by Crippen LogP contribution is -2.51. The quantitative estimate of drug-likeness (QED) is 0.427. The number of rotatable bonds is 3. The molecule has 0 fully saturated rings. The first-order valence-electron chi connectivity index (χ1n) is 7.29. The van der Waals surface area contributed by atoms with E-state index in [9.17, 15) is 30.7 Å². The highest BCUT2D eigenvalue weighted by Gasteiger charge is 2.75.